The second kappa shape index (κ2) is 4.10. The van der Waals surface area contributed by atoms with Crippen LogP contribution in [0, 0.1) is 0 Å². The number of benzene rings is 1. The van der Waals surface area contributed by atoms with Crippen molar-refractivity contribution in [2.24, 2.45) is 4.99 Å². The molecule has 0 radical (unpaired) electrons. The smallest absolute Gasteiger partial charge is 0.141 e. The summed E-state index contributed by atoms with van der Waals surface area (Å²) in [4.78, 5) is 3.72. The normalized spacial score (nSPS) is 9.62. The zero-order valence-electron chi connectivity index (χ0n) is 7.13. The van der Waals surface area contributed by atoms with Gasteiger partial charge in [-0.15, -0.1) is 11.6 Å². The Morgan fingerprint density at radius 1 is 1.54 bits per heavy atom. The lowest BCUT2D eigenvalue weighted by molar-refractivity contribution is 0.476. The van der Waals surface area contributed by atoms with Crippen LogP contribution in [-0.4, -0.2) is 11.8 Å². The molecular formula is C10H10ClNO. The Labute approximate surface area is 82.2 Å². The summed E-state index contributed by atoms with van der Waals surface area (Å²) in [7, 11) is 0. The van der Waals surface area contributed by atoms with Crippen molar-refractivity contribution in [1.29, 1.82) is 0 Å². The van der Waals surface area contributed by atoms with Crippen molar-refractivity contribution in [2.45, 2.75) is 5.88 Å². The van der Waals surface area contributed by atoms with Gasteiger partial charge in [-0.1, -0.05) is 18.7 Å². The molecule has 68 valence electrons. The molecule has 1 aromatic rings. The van der Waals surface area contributed by atoms with Gasteiger partial charge < -0.3 is 5.11 Å². The highest BCUT2D eigenvalue weighted by atomic mass is 35.5. The molecular weight excluding hydrogens is 186 g/mol. The van der Waals surface area contributed by atoms with Crippen LogP contribution in [-0.2, 0) is 5.88 Å². The minimum absolute atomic E-state index is 0.0961. The molecule has 13 heavy (non-hydrogen) atoms. The Morgan fingerprint density at radius 2 is 2.23 bits per heavy atom. The molecule has 0 amide bonds. The standard InChI is InChI=1S/C10H10ClNO/c1-3-8-7(6-11)4-5-9(13)10(8)12-2/h3-5,13H,1-2,6H2. The molecule has 0 spiro atoms. The summed E-state index contributed by atoms with van der Waals surface area (Å²) in [6.45, 7) is 7.01. The number of rotatable bonds is 3. The van der Waals surface area contributed by atoms with Crippen molar-refractivity contribution in [1.82, 2.24) is 0 Å². The minimum atomic E-state index is 0.0961. The second-order valence-electron chi connectivity index (χ2n) is 2.50. The first-order valence-corrected chi connectivity index (χ1v) is 4.28. The van der Waals surface area contributed by atoms with Gasteiger partial charge in [0.15, 0.2) is 0 Å². The summed E-state index contributed by atoms with van der Waals surface area (Å²) < 4.78 is 0. The fraction of sp³-hybridized carbons (Fsp3) is 0.100. The number of hydrogen-bond donors (Lipinski definition) is 1. The van der Waals surface area contributed by atoms with E-state index in [9.17, 15) is 5.11 Å². The van der Waals surface area contributed by atoms with Gasteiger partial charge in [0.25, 0.3) is 0 Å². The highest BCUT2D eigenvalue weighted by Gasteiger charge is 2.07. The van der Waals surface area contributed by atoms with E-state index in [4.69, 9.17) is 11.6 Å². The van der Waals surface area contributed by atoms with Crippen LogP contribution in [0.1, 0.15) is 11.1 Å². The predicted octanol–water partition coefficient (Wildman–Crippen LogP) is 3.11. The number of aromatic hydroxyl groups is 1. The van der Waals surface area contributed by atoms with Crippen LogP contribution in [0.5, 0.6) is 5.75 Å². The third-order valence-electron chi connectivity index (χ3n) is 1.79. The van der Waals surface area contributed by atoms with Crippen LogP contribution in [0.25, 0.3) is 6.08 Å². The van der Waals surface area contributed by atoms with Crippen LogP contribution in [0.3, 0.4) is 0 Å². The molecule has 0 unspecified atom stereocenters. The first-order valence-electron chi connectivity index (χ1n) is 3.74. The van der Waals surface area contributed by atoms with Crippen molar-refractivity contribution in [3.8, 4) is 5.75 Å². The molecule has 2 nitrogen and oxygen atoms in total. The molecule has 1 aromatic carbocycles. The third kappa shape index (κ3) is 1.73. The maximum atomic E-state index is 9.42. The van der Waals surface area contributed by atoms with Crippen molar-refractivity contribution in [3.05, 3.63) is 29.8 Å². The van der Waals surface area contributed by atoms with Gasteiger partial charge in [0.1, 0.15) is 11.4 Å². The average Bonchev–Trinajstić information content (AvgIpc) is 2.17. The molecule has 0 saturated carbocycles. The number of hydrogen-bond acceptors (Lipinski definition) is 2. The highest BCUT2D eigenvalue weighted by molar-refractivity contribution is 6.17. The summed E-state index contributed by atoms with van der Waals surface area (Å²) >= 11 is 5.70. The average molecular weight is 196 g/mol. The molecule has 0 fully saturated rings. The van der Waals surface area contributed by atoms with Crippen molar-refractivity contribution >= 4 is 30.1 Å². The summed E-state index contributed by atoms with van der Waals surface area (Å²) in [5.41, 5.74) is 2.06. The van der Waals surface area contributed by atoms with Gasteiger partial charge in [-0.05, 0) is 18.3 Å². The molecule has 3 heteroatoms. The Morgan fingerprint density at radius 3 is 2.69 bits per heavy atom. The number of halogens is 1. The Kier molecular flexibility index (Phi) is 3.09. The van der Waals surface area contributed by atoms with E-state index in [2.05, 4.69) is 18.3 Å². The van der Waals surface area contributed by atoms with Crippen molar-refractivity contribution in [3.63, 3.8) is 0 Å². The first kappa shape index (κ1) is 9.81. The SMILES string of the molecule is C=Cc1c(CCl)ccc(O)c1N=C. The molecule has 0 aliphatic carbocycles. The zero-order chi connectivity index (χ0) is 9.84. The third-order valence-corrected chi connectivity index (χ3v) is 2.08. The summed E-state index contributed by atoms with van der Waals surface area (Å²) in [6.07, 6.45) is 1.61. The van der Waals surface area contributed by atoms with Crippen LogP contribution < -0.4 is 0 Å². The van der Waals surface area contributed by atoms with Gasteiger partial charge in [0.05, 0.1) is 0 Å². The van der Waals surface area contributed by atoms with E-state index in [1.807, 2.05) is 0 Å². The fourth-order valence-electron chi connectivity index (χ4n) is 1.15. The van der Waals surface area contributed by atoms with Gasteiger partial charge in [-0.3, -0.25) is 4.99 Å². The lowest BCUT2D eigenvalue weighted by atomic mass is 10.1. The van der Waals surface area contributed by atoms with E-state index < -0.39 is 0 Å². The van der Waals surface area contributed by atoms with E-state index >= 15 is 0 Å². The second-order valence-corrected chi connectivity index (χ2v) is 2.77. The molecule has 0 aliphatic rings. The van der Waals surface area contributed by atoms with Gasteiger partial charge in [-0.2, -0.15) is 0 Å². The number of alkyl halides is 1. The van der Waals surface area contributed by atoms with Crippen LogP contribution >= 0.6 is 11.6 Å². The zero-order valence-corrected chi connectivity index (χ0v) is 7.88. The highest BCUT2D eigenvalue weighted by Crippen LogP contribution is 2.33. The number of phenols is 1. The quantitative estimate of drug-likeness (QED) is 0.584. The van der Waals surface area contributed by atoms with Crippen LogP contribution in [0.2, 0.25) is 0 Å². The number of aliphatic imine (C=N–C) groups is 1. The van der Waals surface area contributed by atoms with Gasteiger partial charge in [-0.25, -0.2) is 0 Å². The first-order chi connectivity index (χ1) is 6.24. The van der Waals surface area contributed by atoms with Crippen molar-refractivity contribution in [2.75, 3.05) is 0 Å². The molecule has 0 bridgehead atoms. The molecule has 0 aromatic heterocycles. The summed E-state index contributed by atoms with van der Waals surface area (Å²) in [5.74, 6) is 0.461. The van der Waals surface area contributed by atoms with Crippen LogP contribution in [0.4, 0.5) is 5.69 Å². The lowest BCUT2D eigenvalue weighted by Gasteiger charge is -2.07. The van der Waals surface area contributed by atoms with Gasteiger partial charge >= 0.3 is 0 Å². The lowest BCUT2D eigenvalue weighted by Crippen LogP contribution is -1.85. The number of phenolic OH excluding ortho intramolecular Hbond substituents is 1. The van der Waals surface area contributed by atoms with Crippen LogP contribution in [0.15, 0.2) is 23.7 Å². The van der Waals surface area contributed by atoms with Gasteiger partial charge in [0.2, 0.25) is 0 Å². The predicted molar refractivity (Wildman–Crippen MR) is 57.0 cm³/mol. The van der Waals surface area contributed by atoms with E-state index in [0.717, 1.165) is 11.1 Å². The van der Waals surface area contributed by atoms with Gasteiger partial charge in [0, 0.05) is 11.4 Å². The topological polar surface area (TPSA) is 32.6 Å². The molecule has 0 heterocycles. The molecule has 0 atom stereocenters. The Bertz CT molecular complexity index is 347. The van der Waals surface area contributed by atoms with E-state index in [1.165, 1.54) is 0 Å². The molecule has 1 rings (SSSR count). The Hall–Kier alpha value is -1.28. The Balaban J connectivity index is 3.44. The maximum Gasteiger partial charge on any atom is 0.141 e. The monoisotopic (exact) mass is 195 g/mol. The summed E-state index contributed by atoms with van der Waals surface area (Å²) in [6, 6.07) is 3.29. The summed E-state index contributed by atoms with van der Waals surface area (Å²) in [5, 5.41) is 9.42. The van der Waals surface area contributed by atoms with E-state index in [0.29, 0.717) is 11.6 Å². The largest absolute Gasteiger partial charge is 0.506 e. The number of nitrogens with zero attached hydrogens (tertiary/aromatic N) is 1. The minimum Gasteiger partial charge on any atom is -0.506 e. The van der Waals surface area contributed by atoms with E-state index in [1.54, 1.807) is 18.2 Å². The molecule has 0 saturated heterocycles. The fourth-order valence-corrected chi connectivity index (χ4v) is 1.38. The molecule has 1 N–H and O–H groups in total. The maximum absolute atomic E-state index is 9.42. The molecule has 0 aliphatic heterocycles. The van der Waals surface area contributed by atoms with Crippen molar-refractivity contribution < 1.29 is 5.11 Å². The van der Waals surface area contributed by atoms with E-state index in [-0.39, 0.29) is 5.75 Å².